The van der Waals surface area contributed by atoms with Crippen molar-refractivity contribution in [1.82, 2.24) is 15.2 Å². The standard InChI is InChI=1S/C15H12ClN3/c1-10-6-5-9-12(17-10)15-13(16)14(18-19-15)11-7-3-2-4-8-11/h2-9H,1H3,(H,18,19). The van der Waals surface area contributed by atoms with Crippen LogP contribution in [0.3, 0.4) is 0 Å². The van der Waals surface area contributed by atoms with Crippen LogP contribution in [0.25, 0.3) is 22.6 Å². The van der Waals surface area contributed by atoms with Gasteiger partial charge in [-0.05, 0) is 19.1 Å². The molecule has 3 nitrogen and oxygen atoms in total. The van der Waals surface area contributed by atoms with Crippen molar-refractivity contribution in [3.05, 3.63) is 59.2 Å². The predicted octanol–water partition coefficient (Wildman–Crippen LogP) is 4.10. The number of nitrogens with one attached hydrogen (secondary N) is 1. The minimum atomic E-state index is 0.601. The van der Waals surface area contributed by atoms with Gasteiger partial charge < -0.3 is 0 Å². The smallest absolute Gasteiger partial charge is 0.111 e. The molecule has 3 aromatic rings. The molecular formula is C15H12ClN3. The Bertz CT molecular complexity index is 704. The number of hydrogen-bond donors (Lipinski definition) is 1. The average molecular weight is 270 g/mol. The highest BCUT2D eigenvalue weighted by Gasteiger charge is 2.14. The van der Waals surface area contributed by atoms with Crippen molar-refractivity contribution in [2.75, 3.05) is 0 Å². The molecule has 19 heavy (non-hydrogen) atoms. The van der Waals surface area contributed by atoms with Crippen molar-refractivity contribution in [3.63, 3.8) is 0 Å². The minimum absolute atomic E-state index is 0.601. The van der Waals surface area contributed by atoms with Gasteiger partial charge in [-0.1, -0.05) is 48.0 Å². The van der Waals surface area contributed by atoms with Crippen LogP contribution in [-0.4, -0.2) is 15.2 Å². The van der Waals surface area contributed by atoms with Crippen LogP contribution in [-0.2, 0) is 0 Å². The van der Waals surface area contributed by atoms with E-state index in [0.29, 0.717) is 5.02 Å². The van der Waals surface area contributed by atoms with Crippen molar-refractivity contribution in [2.24, 2.45) is 0 Å². The number of pyridine rings is 1. The number of benzene rings is 1. The lowest BCUT2D eigenvalue weighted by Crippen LogP contribution is -1.86. The molecule has 0 radical (unpaired) electrons. The van der Waals surface area contributed by atoms with Crippen LogP contribution in [0, 0.1) is 6.92 Å². The lowest BCUT2D eigenvalue weighted by molar-refractivity contribution is 1.08. The van der Waals surface area contributed by atoms with Crippen LogP contribution < -0.4 is 0 Å². The Balaban J connectivity index is 2.09. The Kier molecular flexibility index (Phi) is 3.05. The molecule has 0 fully saturated rings. The highest BCUT2D eigenvalue weighted by atomic mass is 35.5. The zero-order valence-corrected chi connectivity index (χ0v) is 11.1. The second-order valence-electron chi connectivity index (χ2n) is 4.29. The maximum absolute atomic E-state index is 6.41. The number of H-pyrrole nitrogens is 1. The van der Waals surface area contributed by atoms with Crippen LogP contribution in [0.1, 0.15) is 5.69 Å². The number of hydrogen-bond acceptors (Lipinski definition) is 2. The highest BCUT2D eigenvalue weighted by molar-refractivity contribution is 6.35. The monoisotopic (exact) mass is 269 g/mol. The third-order valence-electron chi connectivity index (χ3n) is 2.90. The fourth-order valence-electron chi connectivity index (χ4n) is 1.97. The maximum atomic E-state index is 6.41. The zero-order chi connectivity index (χ0) is 13.2. The lowest BCUT2D eigenvalue weighted by Gasteiger charge is -2.00. The summed E-state index contributed by atoms with van der Waals surface area (Å²) in [5.41, 5.74) is 4.25. The molecule has 3 rings (SSSR count). The summed E-state index contributed by atoms with van der Waals surface area (Å²) >= 11 is 6.41. The van der Waals surface area contributed by atoms with E-state index in [4.69, 9.17) is 11.6 Å². The Labute approximate surface area is 116 Å². The van der Waals surface area contributed by atoms with Crippen molar-refractivity contribution >= 4 is 11.6 Å². The van der Waals surface area contributed by atoms with Gasteiger partial charge in [0.2, 0.25) is 0 Å². The first-order valence-corrected chi connectivity index (χ1v) is 6.37. The van der Waals surface area contributed by atoms with Crippen LogP contribution >= 0.6 is 11.6 Å². The number of halogens is 1. The summed E-state index contributed by atoms with van der Waals surface area (Å²) in [7, 11) is 0. The third-order valence-corrected chi connectivity index (χ3v) is 3.27. The van der Waals surface area contributed by atoms with Gasteiger partial charge in [-0.25, -0.2) is 0 Å². The van der Waals surface area contributed by atoms with E-state index in [9.17, 15) is 0 Å². The van der Waals surface area contributed by atoms with E-state index in [1.807, 2.05) is 55.5 Å². The molecule has 94 valence electrons. The van der Waals surface area contributed by atoms with Gasteiger partial charge >= 0.3 is 0 Å². The molecule has 4 heteroatoms. The Hall–Kier alpha value is -2.13. The van der Waals surface area contributed by atoms with E-state index in [-0.39, 0.29) is 0 Å². The van der Waals surface area contributed by atoms with Crippen molar-refractivity contribution in [1.29, 1.82) is 0 Å². The predicted molar refractivity (Wildman–Crippen MR) is 77.0 cm³/mol. The number of rotatable bonds is 2. The first-order chi connectivity index (χ1) is 9.25. The molecule has 0 bridgehead atoms. The first kappa shape index (κ1) is 11.9. The third kappa shape index (κ3) is 2.25. The van der Waals surface area contributed by atoms with E-state index < -0.39 is 0 Å². The summed E-state index contributed by atoms with van der Waals surface area (Å²) in [6, 6.07) is 15.7. The van der Waals surface area contributed by atoms with Gasteiger partial charge in [0.1, 0.15) is 11.4 Å². The number of aromatic nitrogens is 3. The molecule has 1 aromatic carbocycles. The van der Waals surface area contributed by atoms with Gasteiger partial charge in [0, 0.05) is 11.3 Å². The lowest BCUT2D eigenvalue weighted by atomic mass is 10.1. The SMILES string of the molecule is Cc1cccc(-c2[nH]nc(-c3ccccc3)c2Cl)n1. The first-order valence-electron chi connectivity index (χ1n) is 5.99. The highest BCUT2D eigenvalue weighted by Crippen LogP contribution is 2.33. The van der Waals surface area contributed by atoms with E-state index >= 15 is 0 Å². The van der Waals surface area contributed by atoms with E-state index in [1.54, 1.807) is 0 Å². The molecule has 2 heterocycles. The van der Waals surface area contributed by atoms with E-state index in [0.717, 1.165) is 28.3 Å². The molecule has 0 saturated carbocycles. The molecular weight excluding hydrogens is 258 g/mol. The van der Waals surface area contributed by atoms with Crippen molar-refractivity contribution in [2.45, 2.75) is 6.92 Å². The molecule has 0 aliphatic heterocycles. The van der Waals surface area contributed by atoms with Gasteiger partial charge in [-0.15, -0.1) is 0 Å². The topological polar surface area (TPSA) is 41.6 Å². The van der Waals surface area contributed by atoms with Gasteiger partial charge in [0.25, 0.3) is 0 Å². The van der Waals surface area contributed by atoms with Crippen LogP contribution in [0.2, 0.25) is 5.02 Å². The van der Waals surface area contributed by atoms with Gasteiger partial charge in [-0.3, -0.25) is 10.1 Å². The number of nitrogens with zero attached hydrogens (tertiary/aromatic N) is 2. The normalized spacial score (nSPS) is 10.6. The van der Waals surface area contributed by atoms with Crippen LogP contribution in [0.5, 0.6) is 0 Å². The Morgan fingerprint density at radius 2 is 1.79 bits per heavy atom. The molecule has 0 aliphatic rings. The van der Waals surface area contributed by atoms with Crippen molar-refractivity contribution < 1.29 is 0 Å². The summed E-state index contributed by atoms with van der Waals surface area (Å²) in [6.45, 7) is 1.95. The fourth-order valence-corrected chi connectivity index (χ4v) is 2.26. The summed E-state index contributed by atoms with van der Waals surface area (Å²) < 4.78 is 0. The van der Waals surface area contributed by atoms with Crippen molar-refractivity contribution in [3.8, 4) is 22.6 Å². The fraction of sp³-hybridized carbons (Fsp3) is 0.0667. The second-order valence-corrected chi connectivity index (χ2v) is 4.67. The van der Waals surface area contributed by atoms with Crippen LogP contribution in [0.15, 0.2) is 48.5 Å². The molecule has 0 spiro atoms. The molecule has 0 amide bonds. The molecule has 0 aliphatic carbocycles. The Morgan fingerprint density at radius 1 is 1.00 bits per heavy atom. The molecule has 0 unspecified atom stereocenters. The summed E-state index contributed by atoms with van der Waals surface area (Å²) in [4.78, 5) is 4.46. The minimum Gasteiger partial charge on any atom is -0.274 e. The van der Waals surface area contributed by atoms with Gasteiger partial charge in [0.05, 0.1) is 10.7 Å². The van der Waals surface area contributed by atoms with Gasteiger partial charge in [-0.2, -0.15) is 5.10 Å². The van der Waals surface area contributed by atoms with Gasteiger partial charge in [0.15, 0.2) is 0 Å². The maximum Gasteiger partial charge on any atom is 0.111 e. The summed E-state index contributed by atoms with van der Waals surface area (Å²) in [5.74, 6) is 0. The molecule has 1 N–H and O–H groups in total. The van der Waals surface area contributed by atoms with E-state index in [1.165, 1.54) is 0 Å². The number of aryl methyl sites for hydroxylation is 1. The largest absolute Gasteiger partial charge is 0.274 e. The zero-order valence-electron chi connectivity index (χ0n) is 10.4. The molecule has 0 saturated heterocycles. The number of aromatic amines is 1. The molecule has 0 atom stereocenters. The summed E-state index contributed by atoms with van der Waals surface area (Å²) in [5, 5.41) is 7.87. The van der Waals surface area contributed by atoms with Crippen LogP contribution in [0.4, 0.5) is 0 Å². The van der Waals surface area contributed by atoms with E-state index in [2.05, 4.69) is 15.2 Å². The average Bonchev–Trinajstić information content (AvgIpc) is 2.81. The second kappa shape index (κ2) is 4.86. The quantitative estimate of drug-likeness (QED) is 0.761. The summed E-state index contributed by atoms with van der Waals surface area (Å²) in [6.07, 6.45) is 0. The molecule has 2 aromatic heterocycles. The Morgan fingerprint density at radius 3 is 2.53 bits per heavy atom.